The molecule has 3 rings (SSSR count). The summed E-state index contributed by atoms with van der Waals surface area (Å²) >= 11 is 1.44. The fourth-order valence-corrected chi connectivity index (χ4v) is 2.98. The number of fused-ring (bicyclic) bond motifs is 1. The average molecular weight is 298 g/mol. The number of hydrogen-bond donors (Lipinski definition) is 2. The molecule has 2 aromatic heterocycles. The van der Waals surface area contributed by atoms with Crippen LogP contribution in [0.4, 0.5) is 10.8 Å². The molecule has 21 heavy (non-hydrogen) atoms. The van der Waals surface area contributed by atoms with Gasteiger partial charge in [0.25, 0.3) is 5.91 Å². The van der Waals surface area contributed by atoms with Crippen molar-refractivity contribution in [3.05, 3.63) is 47.3 Å². The van der Waals surface area contributed by atoms with E-state index in [1.54, 1.807) is 6.07 Å². The zero-order valence-corrected chi connectivity index (χ0v) is 12.5. The maximum absolute atomic E-state index is 12.2. The van der Waals surface area contributed by atoms with Crippen molar-refractivity contribution in [2.24, 2.45) is 0 Å². The summed E-state index contributed by atoms with van der Waals surface area (Å²) in [6.45, 7) is 3.85. The van der Waals surface area contributed by atoms with Crippen LogP contribution in [0.1, 0.15) is 21.6 Å². The van der Waals surface area contributed by atoms with E-state index in [2.05, 4.69) is 15.3 Å². The van der Waals surface area contributed by atoms with Gasteiger partial charge in [0.15, 0.2) is 5.13 Å². The van der Waals surface area contributed by atoms with E-state index >= 15 is 0 Å². The Morgan fingerprint density at radius 3 is 2.86 bits per heavy atom. The van der Waals surface area contributed by atoms with Crippen LogP contribution in [0.2, 0.25) is 0 Å². The molecule has 0 spiro atoms. The summed E-state index contributed by atoms with van der Waals surface area (Å²) < 4.78 is 1.04. The highest BCUT2D eigenvalue weighted by atomic mass is 32.1. The van der Waals surface area contributed by atoms with Gasteiger partial charge in [-0.05, 0) is 37.6 Å². The third kappa shape index (κ3) is 2.71. The minimum Gasteiger partial charge on any atom is -0.398 e. The minimum atomic E-state index is -0.296. The summed E-state index contributed by atoms with van der Waals surface area (Å²) in [7, 11) is 0. The number of pyridine rings is 1. The number of nitrogens with two attached hydrogens (primary N) is 1. The number of rotatable bonds is 2. The molecule has 0 aliphatic rings. The summed E-state index contributed by atoms with van der Waals surface area (Å²) in [5, 5.41) is 3.33. The molecule has 1 amide bonds. The number of nitrogens with one attached hydrogen (secondary N) is 1. The van der Waals surface area contributed by atoms with Crippen molar-refractivity contribution in [3.8, 4) is 0 Å². The van der Waals surface area contributed by atoms with Crippen LogP contribution in [0, 0.1) is 13.8 Å². The van der Waals surface area contributed by atoms with E-state index < -0.39 is 0 Å². The molecule has 0 bridgehead atoms. The smallest absolute Gasteiger partial charge is 0.261 e. The predicted octanol–water partition coefficient (Wildman–Crippen LogP) is 3.14. The van der Waals surface area contributed by atoms with Crippen LogP contribution in [-0.4, -0.2) is 15.9 Å². The highest BCUT2D eigenvalue weighted by molar-refractivity contribution is 7.22. The van der Waals surface area contributed by atoms with Crippen LogP contribution in [0.3, 0.4) is 0 Å². The van der Waals surface area contributed by atoms with Crippen LogP contribution in [0.15, 0.2) is 30.5 Å². The van der Waals surface area contributed by atoms with Crippen molar-refractivity contribution >= 4 is 38.3 Å². The highest BCUT2D eigenvalue weighted by Crippen LogP contribution is 2.27. The average Bonchev–Trinajstić information content (AvgIpc) is 2.79. The standard InChI is InChI=1S/C15H14N4OS/c1-8-3-4-12-13(5-8)21-15(18-12)19-14(20)10-7-17-9(2)6-11(10)16/h3-7H,1-2H3,(H2,16,17)(H,18,19,20). The number of carbonyl (C=O) groups is 1. The fraction of sp³-hybridized carbons (Fsp3) is 0.133. The second kappa shape index (κ2) is 5.14. The van der Waals surface area contributed by atoms with E-state index in [-0.39, 0.29) is 5.91 Å². The van der Waals surface area contributed by atoms with Crippen molar-refractivity contribution in [1.82, 2.24) is 9.97 Å². The lowest BCUT2D eigenvalue weighted by Gasteiger charge is -2.05. The Kier molecular flexibility index (Phi) is 3.31. The van der Waals surface area contributed by atoms with Gasteiger partial charge in [0.2, 0.25) is 0 Å². The molecule has 0 atom stereocenters. The summed E-state index contributed by atoms with van der Waals surface area (Å²) in [4.78, 5) is 20.7. The van der Waals surface area contributed by atoms with Gasteiger partial charge in [-0.1, -0.05) is 17.4 Å². The molecule has 0 unspecified atom stereocenters. The number of anilines is 2. The van der Waals surface area contributed by atoms with Gasteiger partial charge in [0, 0.05) is 17.6 Å². The van der Waals surface area contributed by atoms with E-state index in [1.165, 1.54) is 17.5 Å². The lowest BCUT2D eigenvalue weighted by molar-refractivity contribution is 0.102. The maximum atomic E-state index is 12.2. The number of aryl methyl sites for hydroxylation is 2. The Balaban J connectivity index is 1.89. The van der Waals surface area contributed by atoms with Gasteiger partial charge in [0.1, 0.15) is 0 Å². The minimum absolute atomic E-state index is 0.296. The van der Waals surface area contributed by atoms with E-state index in [0.717, 1.165) is 21.5 Å². The molecule has 3 aromatic rings. The number of carbonyl (C=O) groups excluding carboxylic acids is 1. The van der Waals surface area contributed by atoms with Crippen LogP contribution < -0.4 is 11.1 Å². The molecule has 106 valence electrons. The Morgan fingerprint density at radius 2 is 2.10 bits per heavy atom. The quantitative estimate of drug-likeness (QED) is 0.761. The molecular weight excluding hydrogens is 284 g/mol. The number of aromatic nitrogens is 2. The third-order valence-corrected chi connectivity index (χ3v) is 4.02. The molecule has 0 aliphatic heterocycles. The van der Waals surface area contributed by atoms with Crippen LogP contribution in [-0.2, 0) is 0 Å². The molecular formula is C15H14N4OS. The number of nitrogens with zero attached hydrogens (tertiary/aromatic N) is 2. The first-order valence-electron chi connectivity index (χ1n) is 6.43. The second-order valence-electron chi connectivity index (χ2n) is 4.86. The Hall–Kier alpha value is -2.47. The van der Waals surface area contributed by atoms with Gasteiger partial charge in [0.05, 0.1) is 15.8 Å². The number of benzene rings is 1. The molecule has 3 N–H and O–H groups in total. The van der Waals surface area contributed by atoms with Gasteiger partial charge in [-0.3, -0.25) is 15.1 Å². The van der Waals surface area contributed by atoms with E-state index in [4.69, 9.17) is 5.73 Å². The Bertz CT molecular complexity index is 841. The highest BCUT2D eigenvalue weighted by Gasteiger charge is 2.13. The first-order valence-corrected chi connectivity index (χ1v) is 7.25. The van der Waals surface area contributed by atoms with Gasteiger partial charge in [-0.15, -0.1) is 0 Å². The van der Waals surface area contributed by atoms with Gasteiger partial charge in [-0.2, -0.15) is 0 Å². The van der Waals surface area contributed by atoms with Crippen molar-refractivity contribution in [2.75, 3.05) is 11.1 Å². The molecule has 0 saturated carbocycles. The van der Waals surface area contributed by atoms with Crippen molar-refractivity contribution in [2.45, 2.75) is 13.8 Å². The predicted molar refractivity (Wildman–Crippen MR) is 85.7 cm³/mol. The largest absolute Gasteiger partial charge is 0.398 e. The topological polar surface area (TPSA) is 80.9 Å². The van der Waals surface area contributed by atoms with Crippen molar-refractivity contribution in [3.63, 3.8) is 0 Å². The van der Waals surface area contributed by atoms with Crippen LogP contribution >= 0.6 is 11.3 Å². The zero-order chi connectivity index (χ0) is 15.0. The maximum Gasteiger partial charge on any atom is 0.261 e. The van der Waals surface area contributed by atoms with Gasteiger partial charge < -0.3 is 5.73 Å². The first kappa shape index (κ1) is 13.5. The van der Waals surface area contributed by atoms with Gasteiger partial charge >= 0.3 is 0 Å². The molecule has 0 radical (unpaired) electrons. The first-order chi connectivity index (χ1) is 10.0. The molecule has 1 aromatic carbocycles. The molecule has 5 nitrogen and oxygen atoms in total. The zero-order valence-electron chi connectivity index (χ0n) is 11.7. The molecule has 0 saturated heterocycles. The SMILES string of the molecule is Cc1ccc2nc(NC(=O)c3cnc(C)cc3N)sc2c1. The van der Waals surface area contributed by atoms with E-state index in [9.17, 15) is 4.79 Å². The van der Waals surface area contributed by atoms with Crippen molar-refractivity contribution in [1.29, 1.82) is 0 Å². The fourth-order valence-electron chi connectivity index (χ4n) is 2.02. The Labute approximate surface area is 125 Å². The van der Waals surface area contributed by atoms with E-state index in [0.29, 0.717) is 16.4 Å². The number of nitrogen functional groups attached to an aromatic ring is 1. The monoisotopic (exact) mass is 298 g/mol. The molecule has 6 heteroatoms. The lowest BCUT2D eigenvalue weighted by Crippen LogP contribution is -2.14. The summed E-state index contributed by atoms with van der Waals surface area (Å²) in [6.07, 6.45) is 1.48. The molecule has 2 heterocycles. The summed E-state index contributed by atoms with van der Waals surface area (Å²) in [6, 6.07) is 7.66. The summed E-state index contributed by atoms with van der Waals surface area (Å²) in [5.41, 5.74) is 9.44. The molecule has 0 aliphatic carbocycles. The van der Waals surface area contributed by atoms with Crippen LogP contribution in [0.25, 0.3) is 10.2 Å². The number of thiazole rings is 1. The Morgan fingerprint density at radius 1 is 1.29 bits per heavy atom. The van der Waals surface area contributed by atoms with Crippen LogP contribution in [0.5, 0.6) is 0 Å². The number of hydrogen-bond acceptors (Lipinski definition) is 5. The number of amides is 1. The second-order valence-corrected chi connectivity index (χ2v) is 5.89. The normalized spacial score (nSPS) is 10.8. The lowest BCUT2D eigenvalue weighted by atomic mass is 10.2. The van der Waals surface area contributed by atoms with Gasteiger partial charge in [-0.25, -0.2) is 4.98 Å². The van der Waals surface area contributed by atoms with Crippen molar-refractivity contribution < 1.29 is 4.79 Å². The van der Waals surface area contributed by atoms with E-state index in [1.807, 2.05) is 32.0 Å². The summed E-state index contributed by atoms with van der Waals surface area (Å²) in [5.74, 6) is -0.296. The third-order valence-electron chi connectivity index (χ3n) is 3.08. The molecule has 0 fully saturated rings.